The molecule has 0 spiro atoms. The molecule has 1 aliphatic rings. The number of hydrogen-bond acceptors (Lipinski definition) is 4. The molecule has 29 heavy (non-hydrogen) atoms. The highest BCUT2D eigenvalue weighted by Crippen LogP contribution is 2.11. The maximum atomic E-state index is 12.5. The molecule has 1 heterocycles. The van der Waals surface area contributed by atoms with Gasteiger partial charge in [0.2, 0.25) is 15.9 Å². The molecule has 0 unspecified atom stereocenters. The average molecular weight is 414 g/mol. The average Bonchev–Trinajstić information content (AvgIpc) is 2.73. The lowest BCUT2D eigenvalue weighted by atomic mass is 10.1. The first-order valence-corrected chi connectivity index (χ1v) is 11.2. The van der Waals surface area contributed by atoms with Crippen molar-refractivity contribution >= 4 is 22.0 Å². The Hall–Kier alpha value is -2.48. The molecule has 1 saturated heterocycles. The van der Waals surface area contributed by atoms with Crippen molar-refractivity contribution < 1.29 is 13.2 Å². The first-order valence-electron chi connectivity index (χ1n) is 9.70. The minimum atomic E-state index is -3.46. The molecule has 0 aromatic heterocycles. The number of hydrogen-bond donors (Lipinski definition) is 1. The molecule has 0 radical (unpaired) electrons. The molecule has 7 heteroatoms. The third-order valence-corrected chi connectivity index (χ3v) is 6.47. The number of amides is 1. The number of carbonyl (C=O) groups excluding carboxylic acids is 1. The lowest BCUT2D eigenvalue weighted by Gasteiger charge is -2.32. The van der Waals surface area contributed by atoms with E-state index in [1.807, 2.05) is 66.4 Å². The maximum absolute atomic E-state index is 12.5. The third-order valence-electron chi connectivity index (χ3n) is 4.90. The van der Waals surface area contributed by atoms with E-state index in [4.69, 9.17) is 0 Å². The molecule has 2 aromatic rings. The van der Waals surface area contributed by atoms with Crippen LogP contribution < -0.4 is 5.32 Å². The molecule has 6 nitrogen and oxygen atoms in total. The predicted octanol–water partition coefficient (Wildman–Crippen LogP) is 2.23. The van der Waals surface area contributed by atoms with E-state index in [9.17, 15) is 13.2 Å². The van der Waals surface area contributed by atoms with E-state index in [0.717, 1.165) is 11.1 Å². The van der Waals surface area contributed by atoms with Crippen LogP contribution in [0.1, 0.15) is 16.7 Å². The van der Waals surface area contributed by atoms with E-state index >= 15 is 0 Å². The number of benzene rings is 2. The second-order valence-corrected chi connectivity index (χ2v) is 9.01. The van der Waals surface area contributed by atoms with Gasteiger partial charge in [0.1, 0.15) is 0 Å². The molecule has 2 aromatic carbocycles. The zero-order valence-corrected chi connectivity index (χ0v) is 17.4. The van der Waals surface area contributed by atoms with Crippen LogP contribution in [0.4, 0.5) is 0 Å². The maximum Gasteiger partial charge on any atom is 0.236 e. The first-order chi connectivity index (χ1) is 13.9. The Morgan fingerprint density at radius 2 is 1.66 bits per heavy atom. The Morgan fingerprint density at radius 1 is 1.00 bits per heavy atom. The number of piperazine rings is 1. The Bertz CT molecular complexity index is 933. The van der Waals surface area contributed by atoms with Crippen LogP contribution in [-0.2, 0) is 21.4 Å². The fourth-order valence-electron chi connectivity index (χ4n) is 3.12. The monoisotopic (exact) mass is 413 g/mol. The minimum absolute atomic E-state index is 0.0501. The van der Waals surface area contributed by atoms with Crippen LogP contribution in [0, 0.1) is 6.92 Å². The Labute approximate surface area is 172 Å². The smallest absolute Gasteiger partial charge is 0.236 e. The molecule has 0 atom stereocenters. The topological polar surface area (TPSA) is 69.7 Å². The van der Waals surface area contributed by atoms with Crippen LogP contribution in [0.25, 0.3) is 6.08 Å². The predicted molar refractivity (Wildman–Crippen MR) is 115 cm³/mol. The Balaban J connectivity index is 1.44. The number of sulfonamides is 1. The van der Waals surface area contributed by atoms with Gasteiger partial charge in [-0.05, 0) is 24.1 Å². The van der Waals surface area contributed by atoms with Gasteiger partial charge in [0, 0.05) is 38.1 Å². The van der Waals surface area contributed by atoms with Crippen molar-refractivity contribution in [2.24, 2.45) is 0 Å². The summed E-state index contributed by atoms with van der Waals surface area (Å²) in [4.78, 5) is 14.2. The van der Waals surface area contributed by atoms with E-state index in [2.05, 4.69) is 5.32 Å². The van der Waals surface area contributed by atoms with Crippen LogP contribution in [0.5, 0.6) is 0 Å². The quantitative estimate of drug-likeness (QED) is 0.756. The number of carbonyl (C=O) groups is 1. The molecule has 1 aliphatic heterocycles. The summed E-state index contributed by atoms with van der Waals surface area (Å²) in [6.45, 7) is 4.64. The van der Waals surface area contributed by atoms with Crippen molar-refractivity contribution in [1.29, 1.82) is 0 Å². The van der Waals surface area contributed by atoms with Crippen molar-refractivity contribution in [3.8, 4) is 0 Å². The van der Waals surface area contributed by atoms with Crippen LogP contribution in [-0.4, -0.2) is 56.3 Å². The van der Waals surface area contributed by atoms with Gasteiger partial charge in [-0.15, -0.1) is 0 Å². The van der Waals surface area contributed by atoms with Crippen LogP contribution in [0.2, 0.25) is 0 Å². The SMILES string of the molecule is Cc1ccc(CNC(=O)CN2CCN(S(=O)(=O)/C=C/c3ccccc3)CC2)cc1. The molecular weight excluding hydrogens is 386 g/mol. The van der Waals surface area contributed by atoms with Gasteiger partial charge in [-0.2, -0.15) is 4.31 Å². The highest BCUT2D eigenvalue weighted by atomic mass is 32.2. The summed E-state index contributed by atoms with van der Waals surface area (Å²) in [5.41, 5.74) is 3.09. The zero-order valence-electron chi connectivity index (χ0n) is 16.6. The molecule has 154 valence electrons. The van der Waals surface area contributed by atoms with E-state index in [1.54, 1.807) is 6.08 Å². The zero-order chi connectivity index (χ0) is 20.7. The highest BCUT2D eigenvalue weighted by Gasteiger charge is 2.25. The summed E-state index contributed by atoms with van der Waals surface area (Å²) < 4.78 is 26.5. The molecular formula is C22H27N3O3S. The molecule has 1 N–H and O–H groups in total. The standard InChI is InChI=1S/C22H27N3O3S/c1-19-7-9-21(10-8-19)17-23-22(26)18-24-12-14-25(15-13-24)29(27,28)16-11-20-5-3-2-4-6-20/h2-11,16H,12-15,17-18H2,1H3,(H,23,26)/b16-11+. The highest BCUT2D eigenvalue weighted by molar-refractivity contribution is 7.92. The third kappa shape index (κ3) is 6.52. The van der Waals surface area contributed by atoms with Gasteiger partial charge in [-0.25, -0.2) is 8.42 Å². The van der Waals surface area contributed by atoms with E-state index in [-0.39, 0.29) is 12.5 Å². The fourth-order valence-corrected chi connectivity index (χ4v) is 4.30. The molecule has 3 rings (SSSR count). The van der Waals surface area contributed by atoms with Crippen molar-refractivity contribution in [2.45, 2.75) is 13.5 Å². The van der Waals surface area contributed by atoms with Gasteiger partial charge in [-0.1, -0.05) is 60.2 Å². The van der Waals surface area contributed by atoms with E-state index in [0.29, 0.717) is 32.7 Å². The molecule has 0 bridgehead atoms. The summed E-state index contributed by atoms with van der Waals surface area (Å²) >= 11 is 0. The molecule has 1 amide bonds. The van der Waals surface area contributed by atoms with E-state index in [1.165, 1.54) is 15.3 Å². The van der Waals surface area contributed by atoms with Crippen molar-refractivity contribution in [2.75, 3.05) is 32.7 Å². The second kappa shape index (κ2) is 9.82. The number of nitrogens with zero attached hydrogens (tertiary/aromatic N) is 2. The van der Waals surface area contributed by atoms with Crippen molar-refractivity contribution in [3.63, 3.8) is 0 Å². The summed E-state index contributed by atoms with van der Waals surface area (Å²) in [7, 11) is -3.46. The van der Waals surface area contributed by atoms with Crippen LogP contribution in [0.15, 0.2) is 60.0 Å². The van der Waals surface area contributed by atoms with Gasteiger partial charge >= 0.3 is 0 Å². The largest absolute Gasteiger partial charge is 0.351 e. The van der Waals surface area contributed by atoms with Crippen LogP contribution in [0.3, 0.4) is 0 Å². The van der Waals surface area contributed by atoms with Gasteiger partial charge < -0.3 is 5.32 Å². The summed E-state index contributed by atoms with van der Waals surface area (Å²) in [5, 5.41) is 4.18. The molecule has 0 saturated carbocycles. The summed E-state index contributed by atoms with van der Waals surface area (Å²) in [6.07, 6.45) is 1.61. The second-order valence-electron chi connectivity index (χ2n) is 7.20. The minimum Gasteiger partial charge on any atom is -0.351 e. The normalized spacial score (nSPS) is 16.2. The summed E-state index contributed by atoms with van der Waals surface area (Å²) in [5.74, 6) is -0.0501. The lowest BCUT2D eigenvalue weighted by molar-refractivity contribution is -0.122. The van der Waals surface area contributed by atoms with Gasteiger partial charge in [-0.3, -0.25) is 9.69 Å². The lowest BCUT2D eigenvalue weighted by Crippen LogP contribution is -2.50. The van der Waals surface area contributed by atoms with Crippen molar-refractivity contribution in [3.05, 3.63) is 76.7 Å². The fraction of sp³-hybridized carbons (Fsp3) is 0.318. The number of nitrogens with one attached hydrogen (secondary N) is 1. The van der Waals surface area contributed by atoms with Gasteiger partial charge in [0.25, 0.3) is 0 Å². The first kappa shape index (κ1) is 21.2. The Kier molecular flexibility index (Phi) is 7.19. The number of aryl methyl sites for hydroxylation is 1. The van der Waals surface area contributed by atoms with Gasteiger partial charge in [0.05, 0.1) is 6.54 Å². The molecule has 1 fully saturated rings. The number of rotatable bonds is 7. The summed E-state index contributed by atoms with van der Waals surface area (Å²) in [6, 6.07) is 17.4. The Morgan fingerprint density at radius 3 is 2.31 bits per heavy atom. The van der Waals surface area contributed by atoms with Crippen LogP contribution >= 0.6 is 0 Å². The van der Waals surface area contributed by atoms with E-state index < -0.39 is 10.0 Å². The van der Waals surface area contributed by atoms with Crippen molar-refractivity contribution in [1.82, 2.24) is 14.5 Å². The van der Waals surface area contributed by atoms with Gasteiger partial charge in [0.15, 0.2) is 0 Å². The molecule has 0 aliphatic carbocycles.